The molecule has 0 aromatic rings. The maximum Gasteiger partial charge on any atom is 0.315 e. The average molecular weight is 307 g/mol. The van der Waals surface area contributed by atoms with Crippen LogP contribution in [0.2, 0.25) is 0 Å². The number of amides is 2. The van der Waals surface area contributed by atoms with Crippen molar-refractivity contribution in [2.24, 2.45) is 17.8 Å². The summed E-state index contributed by atoms with van der Waals surface area (Å²) in [6.07, 6.45) is 8.53. The van der Waals surface area contributed by atoms with Crippen LogP contribution in [0.15, 0.2) is 0 Å². The summed E-state index contributed by atoms with van der Waals surface area (Å²) < 4.78 is 0. The molecule has 4 rings (SSSR count). The molecule has 6 unspecified atom stereocenters. The smallest absolute Gasteiger partial charge is 0.315 e. The second kappa shape index (κ2) is 6.00. The van der Waals surface area contributed by atoms with Crippen molar-refractivity contribution < 1.29 is 9.90 Å². The molecule has 2 heterocycles. The van der Waals surface area contributed by atoms with Crippen LogP contribution in [0, 0.1) is 17.8 Å². The van der Waals surface area contributed by atoms with E-state index >= 15 is 0 Å². The van der Waals surface area contributed by atoms with Gasteiger partial charge in [0.2, 0.25) is 0 Å². The predicted molar refractivity (Wildman–Crippen MR) is 84.5 cm³/mol. The normalized spacial score (nSPS) is 44.0. The first-order valence-corrected chi connectivity index (χ1v) is 9.18. The van der Waals surface area contributed by atoms with E-state index in [-0.39, 0.29) is 24.6 Å². The van der Waals surface area contributed by atoms with Crippen molar-refractivity contribution in [2.75, 3.05) is 19.7 Å². The van der Waals surface area contributed by atoms with E-state index in [1.54, 1.807) is 0 Å². The summed E-state index contributed by atoms with van der Waals surface area (Å²) in [7, 11) is 0. The molecule has 6 atom stereocenters. The molecular weight excluding hydrogens is 278 g/mol. The Morgan fingerprint density at radius 1 is 1.05 bits per heavy atom. The molecule has 5 nitrogen and oxygen atoms in total. The maximum atomic E-state index is 12.4. The zero-order valence-electron chi connectivity index (χ0n) is 13.3. The van der Waals surface area contributed by atoms with E-state index in [0.717, 1.165) is 13.0 Å². The second-order valence-electron chi connectivity index (χ2n) is 7.82. The van der Waals surface area contributed by atoms with Crippen LogP contribution in [0.4, 0.5) is 4.79 Å². The van der Waals surface area contributed by atoms with Gasteiger partial charge >= 0.3 is 6.03 Å². The fourth-order valence-corrected chi connectivity index (χ4v) is 5.68. The van der Waals surface area contributed by atoms with Crippen LogP contribution in [-0.4, -0.2) is 53.9 Å². The van der Waals surface area contributed by atoms with Gasteiger partial charge in [-0.05, 0) is 56.9 Å². The van der Waals surface area contributed by atoms with Gasteiger partial charge in [0, 0.05) is 37.2 Å². The van der Waals surface area contributed by atoms with E-state index in [2.05, 4.69) is 15.5 Å². The first-order chi connectivity index (χ1) is 10.8. The molecule has 0 spiro atoms. The van der Waals surface area contributed by atoms with Crippen LogP contribution in [0.1, 0.15) is 44.9 Å². The van der Waals surface area contributed by atoms with Crippen LogP contribution >= 0.6 is 0 Å². The lowest BCUT2D eigenvalue weighted by molar-refractivity contribution is 0.142. The number of fused-ring (bicyclic) bond motifs is 3. The molecule has 0 aromatic carbocycles. The van der Waals surface area contributed by atoms with Crippen molar-refractivity contribution in [3.8, 4) is 0 Å². The fourth-order valence-electron chi connectivity index (χ4n) is 5.68. The number of hydrogen-bond acceptors (Lipinski definition) is 3. The number of nitrogens with zero attached hydrogens (tertiary/aromatic N) is 1. The molecule has 2 aliphatic heterocycles. The Morgan fingerprint density at radius 2 is 1.91 bits per heavy atom. The minimum absolute atomic E-state index is 0.00609. The van der Waals surface area contributed by atoms with Gasteiger partial charge in [0.15, 0.2) is 0 Å². The Kier molecular flexibility index (Phi) is 4.03. The van der Waals surface area contributed by atoms with Crippen LogP contribution in [0.25, 0.3) is 0 Å². The molecule has 4 aliphatic rings. The Morgan fingerprint density at radius 3 is 2.77 bits per heavy atom. The zero-order valence-corrected chi connectivity index (χ0v) is 13.3. The lowest BCUT2D eigenvalue weighted by Gasteiger charge is -2.34. The Hall–Kier alpha value is -0.810. The first kappa shape index (κ1) is 14.8. The molecule has 2 saturated carbocycles. The van der Waals surface area contributed by atoms with Gasteiger partial charge in [0.25, 0.3) is 0 Å². The van der Waals surface area contributed by atoms with Crippen LogP contribution in [0.3, 0.4) is 0 Å². The van der Waals surface area contributed by atoms with Crippen molar-refractivity contribution in [3.05, 3.63) is 0 Å². The molecule has 2 saturated heterocycles. The van der Waals surface area contributed by atoms with Gasteiger partial charge in [-0.25, -0.2) is 4.79 Å². The topological polar surface area (TPSA) is 64.6 Å². The Bertz CT molecular complexity index is 430. The number of rotatable bonds is 3. The number of hydrogen-bond donors (Lipinski definition) is 3. The van der Waals surface area contributed by atoms with Crippen LogP contribution in [-0.2, 0) is 0 Å². The standard InChI is InChI=1S/C17H29N3O2/c21-10-13-11-4-5-12(9-11)16(13)19-17(22)18-14-6-8-20-7-2-1-3-15(14)20/h11-16,21H,1-10H2,(H2,18,19,22). The highest BCUT2D eigenvalue weighted by Crippen LogP contribution is 2.48. The summed E-state index contributed by atoms with van der Waals surface area (Å²) >= 11 is 0. The molecule has 2 bridgehead atoms. The van der Waals surface area contributed by atoms with Crippen molar-refractivity contribution in [3.63, 3.8) is 0 Å². The Balaban J connectivity index is 1.33. The largest absolute Gasteiger partial charge is 0.396 e. The quantitative estimate of drug-likeness (QED) is 0.737. The minimum atomic E-state index is -0.00609. The molecule has 0 radical (unpaired) electrons. The molecule has 0 aromatic heterocycles. The molecule has 22 heavy (non-hydrogen) atoms. The number of piperidine rings is 1. The SMILES string of the molecule is O=C(NC1CCN2CCCCC12)NC1C2CCC(C2)C1CO. The van der Waals surface area contributed by atoms with Crippen molar-refractivity contribution >= 4 is 6.03 Å². The number of carbonyl (C=O) groups is 1. The summed E-state index contributed by atoms with van der Waals surface area (Å²) in [5.74, 6) is 1.49. The van der Waals surface area contributed by atoms with Gasteiger partial charge in [-0.3, -0.25) is 4.90 Å². The van der Waals surface area contributed by atoms with E-state index in [1.807, 2.05) is 0 Å². The summed E-state index contributed by atoms with van der Waals surface area (Å²) in [6.45, 7) is 2.54. The monoisotopic (exact) mass is 307 g/mol. The average Bonchev–Trinajstić information content (AvgIpc) is 3.22. The van der Waals surface area contributed by atoms with Crippen LogP contribution in [0.5, 0.6) is 0 Å². The third kappa shape index (κ3) is 2.52. The lowest BCUT2D eigenvalue weighted by Crippen LogP contribution is -2.54. The third-order valence-corrected chi connectivity index (χ3v) is 6.77. The van der Waals surface area contributed by atoms with Gasteiger partial charge in [-0.15, -0.1) is 0 Å². The number of aliphatic hydroxyl groups excluding tert-OH is 1. The Labute approximate surface area is 132 Å². The van der Waals surface area contributed by atoms with Gasteiger partial charge in [-0.2, -0.15) is 0 Å². The summed E-state index contributed by atoms with van der Waals surface area (Å²) in [5.41, 5.74) is 0. The number of carbonyl (C=O) groups excluding carboxylic acids is 1. The van der Waals surface area contributed by atoms with Crippen molar-refractivity contribution in [2.45, 2.75) is 63.1 Å². The predicted octanol–water partition coefficient (Wildman–Crippen LogP) is 1.32. The molecule has 5 heteroatoms. The van der Waals surface area contributed by atoms with E-state index in [1.165, 1.54) is 45.1 Å². The van der Waals surface area contributed by atoms with E-state index in [4.69, 9.17) is 0 Å². The van der Waals surface area contributed by atoms with E-state index in [9.17, 15) is 9.90 Å². The maximum absolute atomic E-state index is 12.4. The second-order valence-corrected chi connectivity index (χ2v) is 7.82. The van der Waals surface area contributed by atoms with Gasteiger partial charge in [0.05, 0.1) is 0 Å². The molecular formula is C17H29N3O2. The molecule has 2 amide bonds. The molecule has 3 N–H and O–H groups in total. The lowest BCUT2D eigenvalue weighted by atomic mass is 9.85. The van der Waals surface area contributed by atoms with Gasteiger partial charge in [0.1, 0.15) is 0 Å². The summed E-state index contributed by atoms with van der Waals surface area (Å²) in [4.78, 5) is 15.0. The highest BCUT2D eigenvalue weighted by atomic mass is 16.3. The highest BCUT2D eigenvalue weighted by molar-refractivity contribution is 5.75. The third-order valence-electron chi connectivity index (χ3n) is 6.77. The van der Waals surface area contributed by atoms with Gasteiger partial charge < -0.3 is 15.7 Å². The minimum Gasteiger partial charge on any atom is -0.396 e. The van der Waals surface area contributed by atoms with Crippen molar-refractivity contribution in [1.29, 1.82) is 0 Å². The zero-order chi connectivity index (χ0) is 15.1. The summed E-state index contributed by atoms with van der Waals surface area (Å²) in [5, 5.41) is 16.1. The number of nitrogens with one attached hydrogen (secondary N) is 2. The molecule has 4 fully saturated rings. The summed E-state index contributed by atoms with van der Waals surface area (Å²) in [6, 6.07) is 1.04. The first-order valence-electron chi connectivity index (χ1n) is 9.18. The van der Waals surface area contributed by atoms with E-state index in [0.29, 0.717) is 23.9 Å². The molecule has 2 aliphatic carbocycles. The van der Waals surface area contributed by atoms with E-state index < -0.39 is 0 Å². The molecule has 124 valence electrons. The van der Waals surface area contributed by atoms with Gasteiger partial charge in [-0.1, -0.05) is 6.42 Å². The highest BCUT2D eigenvalue weighted by Gasteiger charge is 2.48. The number of urea groups is 1. The van der Waals surface area contributed by atoms with Crippen molar-refractivity contribution in [1.82, 2.24) is 15.5 Å². The fraction of sp³-hybridized carbons (Fsp3) is 0.941. The number of aliphatic hydroxyl groups is 1. The van der Waals surface area contributed by atoms with Crippen LogP contribution < -0.4 is 10.6 Å².